The third-order valence-electron chi connectivity index (χ3n) is 6.66. The molecule has 1 fully saturated rings. The molecule has 0 aliphatic carbocycles. The largest absolute Gasteiger partial charge is 0.462 e. The van der Waals surface area contributed by atoms with Crippen molar-refractivity contribution >= 4 is 22.6 Å². The molecule has 0 bridgehead atoms. The quantitative estimate of drug-likeness (QED) is 0.152. The van der Waals surface area contributed by atoms with Crippen molar-refractivity contribution in [1.82, 2.24) is 0 Å². The van der Waals surface area contributed by atoms with E-state index in [4.69, 9.17) is 23.7 Å². The van der Waals surface area contributed by atoms with Crippen molar-refractivity contribution in [2.24, 2.45) is 0 Å². The molecule has 5 nitrogen and oxygen atoms in total. The molecule has 1 aliphatic rings. The summed E-state index contributed by atoms with van der Waals surface area (Å²) < 4.78 is 47.5. The van der Waals surface area contributed by atoms with E-state index in [1.165, 1.54) is 0 Å². The average molecular weight is 655 g/mol. The number of hydrogen-bond donors (Lipinski definition) is 0. The summed E-state index contributed by atoms with van der Waals surface area (Å²) in [6.07, 6.45) is -3.93. The highest BCUT2D eigenvalue weighted by molar-refractivity contribution is 14.1. The van der Waals surface area contributed by atoms with Crippen molar-refractivity contribution in [3.05, 3.63) is 136 Å². The Balaban J connectivity index is 1.44. The van der Waals surface area contributed by atoms with E-state index in [0.29, 0.717) is 19.0 Å². The normalized spacial score (nSPS) is 22.6. The van der Waals surface area contributed by atoms with Gasteiger partial charge in [0.05, 0.1) is 19.8 Å². The van der Waals surface area contributed by atoms with E-state index in [9.17, 15) is 4.39 Å². The Morgan fingerprint density at radius 2 is 1.02 bits per heavy atom. The lowest BCUT2D eigenvalue weighted by Gasteiger charge is -2.45. The Hall–Kier alpha value is -2.82. The highest BCUT2D eigenvalue weighted by atomic mass is 127. The van der Waals surface area contributed by atoms with Crippen molar-refractivity contribution in [3.8, 4) is 5.75 Å². The van der Waals surface area contributed by atoms with Crippen LogP contribution in [0.5, 0.6) is 5.75 Å². The first-order chi connectivity index (χ1) is 19.7. The highest BCUT2D eigenvalue weighted by Crippen LogP contribution is 2.32. The first-order valence-corrected chi connectivity index (χ1v) is 14.4. The second-order valence-electron chi connectivity index (χ2n) is 9.55. The molecule has 0 spiro atoms. The van der Waals surface area contributed by atoms with E-state index in [2.05, 4.69) is 22.6 Å². The van der Waals surface area contributed by atoms with Gasteiger partial charge in [-0.15, -0.1) is 0 Å². The van der Waals surface area contributed by atoms with Crippen molar-refractivity contribution in [2.45, 2.75) is 50.5 Å². The molecular weight excluding hydrogens is 622 g/mol. The molecule has 1 aliphatic heterocycles. The zero-order valence-corrected chi connectivity index (χ0v) is 24.1. The fourth-order valence-electron chi connectivity index (χ4n) is 4.61. The Labute approximate surface area is 248 Å². The third kappa shape index (κ3) is 7.89. The molecule has 0 unspecified atom stereocenters. The van der Waals surface area contributed by atoms with E-state index in [1.54, 1.807) is 0 Å². The second kappa shape index (κ2) is 14.7. The summed E-state index contributed by atoms with van der Waals surface area (Å²) in [6, 6.07) is 37.1. The summed E-state index contributed by atoms with van der Waals surface area (Å²) in [5.74, 6) is 0.599. The van der Waals surface area contributed by atoms with Gasteiger partial charge in [-0.3, -0.25) is 0 Å². The fraction of sp³-hybridized carbons (Fsp3) is 0.273. The van der Waals surface area contributed by atoms with Gasteiger partial charge < -0.3 is 23.7 Å². The Bertz CT molecular complexity index is 1280. The predicted octanol–water partition coefficient (Wildman–Crippen LogP) is 7.12. The lowest BCUT2D eigenvalue weighted by atomic mass is 9.98. The summed E-state index contributed by atoms with van der Waals surface area (Å²) in [7, 11) is 0. The molecule has 1 heterocycles. The number of ether oxygens (including phenoxy) is 5. The Morgan fingerprint density at radius 3 is 1.50 bits per heavy atom. The monoisotopic (exact) mass is 654 g/mol. The van der Waals surface area contributed by atoms with Gasteiger partial charge in [0.15, 0.2) is 0 Å². The second-order valence-corrected chi connectivity index (χ2v) is 10.8. The van der Waals surface area contributed by atoms with Gasteiger partial charge in [0.25, 0.3) is 0 Å². The SMILES string of the molecule is FC[C@H]1O[C@H](Oc2ccc(I)cc2)[C@@H](OCc2ccccc2)[C@@H](OCc2ccccc2)[C@@H]1OCc1ccccc1. The molecule has 0 amide bonds. The summed E-state index contributed by atoms with van der Waals surface area (Å²) in [5.41, 5.74) is 2.96. The van der Waals surface area contributed by atoms with Crippen LogP contribution >= 0.6 is 22.6 Å². The van der Waals surface area contributed by atoms with Gasteiger partial charge in [-0.05, 0) is 63.5 Å². The van der Waals surface area contributed by atoms with E-state index < -0.39 is 37.4 Å². The van der Waals surface area contributed by atoms with Crippen LogP contribution in [0.1, 0.15) is 16.7 Å². The van der Waals surface area contributed by atoms with Crippen LogP contribution in [0.3, 0.4) is 0 Å². The number of hydrogen-bond acceptors (Lipinski definition) is 5. The Morgan fingerprint density at radius 1 is 0.575 bits per heavy atom. The molecule has 0 radical (unpaired) electrons. The number of alkyl halides is 1. The van der Waals surface area contributed by atoms with Crippen molar-refractivity contribution in [1.29, 1.82) is 0 Å². The maximum atomic E-state index is 14.6. The minimum atomic E-state index is -0.915. The molecule has 0 aromatic heterocycles. The van der Waals surface area contributed by atoms with Crippen LogP contribution in [-0.4, -0.2) is 37.4 Å². The molecule has 0 saturated carbocycles. The first-order valence-electron chi connectivity index (χ1n) is 13.3. The smallest absolute Gasteiger partial charge is 0.229 e. The van der Waals surface area contributed by atoms with Gasteiger partial charge in [-0.2, -0.15) is 0 Å². The average Bonchev–Trinajstić information content (AvgIpc) is 3.01. The minimum Gasteiger partial charge on any atom is -0.462 e. The first kappa shape index (κ1) is 28.7. The van der Waals surface area contributed by atoms with E-state index in [-0.39, 0.29) is 6.61 Å². The lowest BCUT2D eigenvalue weighted by molar-refractivity contribution is -0.305. The van der Waals surface area contributed by atoms with Crippen LogP contribution in [-0.2, 0) is 38.8 Å². The molecule has 5 rings (SSSR count). The van der Waals surface area contributed by atoms with Crippen molar-refractivity contribution < 1.29 is 28.1 Å². The fourth-order valence-corrected chi connectivity index (χ4v) is 4.97. The molecule has 1 saturated heterocycles. The molecule has 0 N–H and O–H groups in total. The zero-order chi connectivity index (χ0) is 27.6. The van der Waals surface area contributed by atoms with Crippen molar-refractivity contribution in [3.63, 3.8) is 0 Å². The van der Waals surface area contributed by atoms with Crippen LogP contribution in [0.2, 0.25) is 0 Å². The highest BCUT2D eigenvalue weighted by Gasteiger charge is 2.49. The number of halogens is 2. The molecular formula is C33H32FIO5. The minimum absolute atomic E-state index is 0.282. The van der Waals surface area contributed by atoms with E-state index in [1.807, 2.05) is 115 Å². The van der Waals surface area contributed by atoms with Crippen LogP contribution in [0.25, 0.3) is 0 Å². The van der Waals surface area contributed by atoms with Gasteiger partial charge in [0.1, 0.15) is 36.8 Å². The van der Waals surface area contributed by atoms with Gasteiger partial charge in [0.2, 0.25) is 6.29 Å². The van der Waals surface area contributed by atoms with Crippen LogP contribution in [0.15, 0.2) is 115 Å². The van der Waals surface area contributed by atoms with Crippen LogP contribution < -0.4 is 4.74 Å². The molecule has 208 valence electrons. The molecule has 7 heteroatoms. The molecule has 5 atom stereocenters. The number of rotatable bonds is 12. The standard InChI is InChI=1S/C33H32FIO5/c34-20-29-30(36-21-24-10-4-1-5-11-24)31(37-22-25-12-6-2-7-13-25)32(38-23-26-14-8-3-9-15-26)33(40-29)39-28-18-16-27(35)17-19-28/h1-19,29-33H,20-23H2/t29-,30-,31+,32+,33+/m1/s1. The summed E-state index contributed by atoms with van der Waals surface area (Å²) in [6.45, 7) is 0.128. The maximum Gasteiger partial charge on any atom is 0.229 e. The Kier molecular flexibility index (Phi) is 10.6. The summed E-state index contributed by atoms with van der Waals surface area (Å²) in [4.78, 5) is 0. The zero-order valence-electron chi connectivity index (χ0n) is 22.0. The van der Waals surface area contributed by atoms with Crippen molar-refractivity contribution in [2.75, 3.05) is 6.67 Å². The lowest BCUT2D eigenvalue weighted by Crippen LogP contribution is -2.62. The van der Waals surface area contributed by atoms with Gasteiger partial charge in [-0.25, -0.2) is 4.39 Å². The van der Waals surface area contributed by atoms with E-state index >= 15 is 0 Å². The molecule has 4 aromatic rings. The summed E-state index contributed by atoms with van der Waals surface area (Å²) >= 11 is 2.24. The van der Waals surface area contributed by atoms with Gasteiger partial charge in [0, 0.05) is 3.57 Å². The van der Waals surface area contributed by atoms with E-state index in [0.717, 1.165) is 20.3 Å². The number of benzene rings is 4. The van der Waals surface area contributed by atoms with Gasteiger partial charge >= 0.3 is 0 Å². The topological polar surface area (TPSA) is 46.2 Å². The van der Waals surface area contributed by atoms with Crippen LogP contribution in [0.4, 0.5) is 4.39 Å². The summed E-state index contributed by atoms with van der Waals surface area (Å²) in [5, 5.41) is 0. The maximum absolute atomic E-state index is 14.6. The predicted molar refractivity (Wildman–Crippen MR) is 159 cm³/mol. The molecule has 4 aromatic carbocycles. The van der Waals surface area contributed by atoms with Crippen LogP contribution in [0, 0.1) is 3.57 Å². The van der Waals surface area contributed by atoms with Gasteiger partial charge in [-0.1, -0.05) is 91.0 Å². The third-order valence-corrected chi connectivity index (χ3v) is 7.38. The molecule has 40 heavy (non-hydrogen) atoms.